The van der Waals surface area contributed by atoms with E-state index in [1.54, 1.807) is 31.4 Å². The Morgan fingerprint density at radius 1 is 0.857 bits per heavy atom. The molecule has 0 aromatic heterocycles. The van der Waals surface area contributed by atoms with Gasteiger partial charge in [0.05, 0.1) is 38.4 Å². The fourth-order valence-electron chi connectivity index (χ4n) is 2.75. The van der Waals surface area contributed by atoms with E-state index in [0.717, 1.165) is 11.5 Å². The smallest absolute Gasteiger partial charge is 0.243 e. The second-order valence-corrected chi connectivity index (χ2v) is 8.15. The highest BCUT2D eigenvalue weighted by atomic mass is 32.2. The quantitative estimate of drug-likeness (QED) is 0.595. The molecule has 0 saturated carbocycles. The van der Waals surface area contributed by atoms with Crippen LogP contribution in [-0.4, -0.2) is 59.3 Å². The normalized spacial score (nSPS) is 15.2. The molecule has 0 N–H and O–H groups in total. The molecule has 1 fully saturated rings. The molecule has 2 aromatic rings. The summed E-state index contributed by atoms with van der Waals surface area (Å²) in [6.07, 6.45) is 0.708. The van der Waals surface area contributed by atoms with E-state index in [1.165, 1.54) is 4.31 Å². The van der Waals surface area contributed by atoms with Crippen molar-refractivity contribution in [2.75, 3.05) is 46.6 Å². The molecule has 0 radical (unpaired) electrons. The highest BCUT2D eigenvalue weighted by Gasteiger charge is 2.26. The Morgan fingerprint density at radius 3 is 1.89 bits per heavy atom. The number of sulfonamides is 1. The van der Waals surface area contributed by atoms with Crippen molar-refractivity contribution in [2.24, 2.45) is 0 Å². The molecule has 1 saturated heterocycles. The number of rotatable bonds is 9. The summed E-state index contributed by atoms with van der Waals surface area (Å²) < 4.78 is 48.2. The molecule has 2 aromatic carbocycles. The lowest BCUT2D eigenvalue weighted by Gasteiger charge is -2.26. The van der Waals surface area contributed by atoms with Gasteiger partial charge >= 0.3 is 0 Å². The van der Waals surface area contributed by atoms with Crippen molar-refractivity contribution in [2.45, 2.75) is 11.3 Å². The van der Waals surface area contributed by atoms with Crippen LogP contribution in [0.4, 0.5) is 0 Å². The van der Waals surface area contributed by atoms with Crippen molar-refractivity contribution in [3.63, 3.8) is 0 Å². The maximum Gasteiger partial charge on any atom is 0.243 e. The van der Waals surface area contributed by atoms with E-state index in [-0.39, 0.29) is 4.90 Å². The molecular formula is C20H25NO6S. The van der Waals surface area contributed by atoms with Crippen molar-refractivity contribution >= 4 is 10.0 Å². The monoisotopic (exact) mass is 407 g/mol. The summed E-state index contributed by atoms with van der Waals surface area (Å²) in [6.45, 7) is 2.63. The molecule has 0 amide bonds. The molecule has 1 heterocycles. The number of nitrogens with zero attached hydrogens (tertiary/aromatic N) is 1. The van der Waals surface area contributed by atoms with Crippen LogP contribution in [0.2, 0.25) is 0 Å². The molecule has 7 nitrogen and oxygen atoms in total. The van der Waals surface area contributed by atoms with Gasteiger partial charge in [-0.25, -0.2) is 8.42 Å². The van der Waals surface area contributed by atoms with Gasteiger partial charge in [0, 0.05) is 19.5 Å². The van der Waals surface area contributed by atoms with E-state index in [0.29, 0.717) is 51.7 Å². The van der Waals surface area contributed by atoms with Crippen LogP contribution in [-0.2, 0) is 14.8 Å². The number of hydrogen-bond donors (Lipinski definition) is 0. The first kappa shape index (κ1) is 20.4. The molecule has 8 heteroatoms. The second kappa shape index (κ2) is 9.77. The van der Waals surface area contributed by atoms with E-state index in [1.807, 2.05) is 24.3 Å². The van der Waals surface area contributed by atoms with Crippen LogP contribution < -0.4 is 14.2 Å². The maximum absolute atomic E-state index is 12.6. The second-order valence-electron chi connectivity index (χ2n) is 6.21. The average Bonchev–Trinajstić information content (AvgIpc) is 2.75. The lowest BCUT2D eigenvalue weighted by atomic mass is 10.3. The van der Waals surface area contributed by atoms with Gasteiger partial charge in [0.15, 0.2) is 0 Å². The zero-order valence-electron chi connectivity index (χ0n) is 15.9. The molecule has 152 valence electrons. The highest BCUT2D eigenvalue weighted by Crippen LogP contribution is 2.21. The SMILES string of the molecule is COc1ccc(OCCCOc2ccc(S(=O)(=O)N3CCOCC3)cc2)cc1. The van der Waals surface area contributed by atoms with E-state index in [4.69, 9.17) is 18.9 Å². The summed E-state index contributed by atoms with van der Waals surface area (Å²) in [5, 5.41) is 0. The van der Waals surface area contributed by atoms with Crippen LogP contribution in [0, 0.1) is 0 Å². The summed E-state index contributed by atoms with van der Waals surface area (Å²) in [7, 11) is -1.85. The number of ether oxygens (including phenoxy) is 4. The molecule has 3 rings (SSSR count). The first-order valence-corrected chi connectivity index (χ1v) is 10.6. The van der Waals surface area contributed by atoms with Crippen LogP contribution >= 0.6 is 0 Å². The average molecular weight is 407 g/mol. The van der Waals surface area contributed by atoms with Crippen LogP contribution in [0.1, 0.15) is 6.42 Å². The lowest BCUT2D eigenvalue weighted by molar-refractivity contribution is 0.0730. The van der Waals surface area contributed by atoms with Crippen molar-refractivity contribution in [3.8, 4) is 17.2 Å². The van der Waals surface area contributed by atoms with Crippen molar-refractivity contribution in [3.05, 3.63) is 48.5 Å². The molecule has 0 bridgehead atoms. The fourth-order valence-corrected chi connectivity index (χ4v) is 4.16. The van der Waals surface area contributed by atoms with Crippen molar-refractivity contribution in [1.82, 2.24) is 4.31 Å². The van der Waals surface area contributed by atoms with Gasteiger partial charge in [0.25, 0.3) is 0 Å². The van der Waals surface area contributed by atoms with Crippen molar-refractivity contribution < 1.29 is 27.4 Å². The Balaban J connectivity index is 1.42. The topological polar surface area (TPSA) is 74.3 Å². The third-order valence-electron chi connectivity index (χ3n) is 4.32. The van der Waals surface area contributed by atoms with E-state index in [2.05, 4.69) is 0 Å². The Kier molecular flexibility index (Phi) is 7.13. The number of methoxy groups -OCH3 is 1. The lowest BCUT2D eigenvalue weighted by Crippen LogP contribution is -2.40. The first-order valence-electron chi connectivity index (χ1n) is 9.17. The van der Waals surface area contributed by atoms with Crippen LogP contribution in [0.5, 0.6) is 17.2 Å². The maximum atomic E-state index is 12.6. The fraction of sp³-hybridized carbons (Fsp3) is 0.400. The highest BCUT2D eigenvalue weighted by molar-refractivity contribution is 7.89. The Bertz CT molecular complexity index is 830. The minimum atomic E-state index is -3.47. The number of hydrogen-bond acceptors (Lipinski definition) is 6. The minimum Gasteiger partial charge on any atom is -0.497 e. The van der Waals surface area contributed by atoms with Gasteiger partial charge in [-0.2, -0.15) is 4.31 Å². The zero-order valence-corrected chi connectivity index (χ0v) is 16.7. The summed E-state index contributed by atoms with van der Waals surface area (Å²) in [5.41, 5.74) is 0. The summed E-state index contributed by atoms with van der Waals surface area (Å²) in [6, 6.07) is 13.9. The molecule has 1 aliphatic rings. The molecule has 1 aliphatic heterocycles. The predicted molar refractivity (Wildman–Crippen MR) is 105 cm³/mol. The number of benzene rings is 2. The zero-order chi connectivity index (χ0) is 19.8. The van der Waals surface area contributed by atoms with Gasteiger partial charge in [0.2, 0.25) is 10.0 Å². The third-order valence-corrected chi connectivity index (χ3v) is 6.23. The Labute approximate surface area is 165 Å². The molecule has 0 aliphatic carbocycles. The summed E-state index contributed by atoms with van der Waals surface area (Å²) in [5.74, 6) is 2.19. The van der Waals surface area contributed by atoms with Crippen LogP contribution in [0.3, 0.4) is 0 Å². The molecular weight excluding hydrogens is 382 g/mol. The first-order chi connectivity index (χ1) is 13.6. The summed E-state index contributed by atoms with van der Waals surface area (Å²) in [4.78, 5) is 0.268. The van der Waals surface area contributed by atoms with Gasteiger partial charge < -0.3 is 18.9 Å². The predicted octanol–water partition coefficient (Wildman–Crippen LogP) is 2.56. The molecule has 0 atom stereocenters. The van der Waals surface area contributed by atoms with E-state index < -0.39 is 10.0 Å². The van der Waals surface area contributed by atoms with Gasteiger partial charge in [-0.3, -0.25) is 0 Å². The minimum absolute atomic E-state index is 0.268. The molecule has 0 spiro atoms. The van der Waals surface area contributed by atoms with Crippen molar-refractivity contribution in [1.29, 1.82) is 0 Å². The van der Waals surface area contributed by atoms with E-state index >= 15 is 0 Å². The van der Waals surface area contributed by atoms with Crippen LogP contribution in [0.15, 0.2) is 53.4 Å². The molecule has 0 unspecified atom stereocenters. The van der Waals surface area contributed by atoms with Crippen LogP contribution in [0.25, 0.3) is 0 Å². The standard InChI is InChI=1S/C20H25NO6S/c1-24-17-3-5-18(6-4-17)26-13-2-14-27-19-7-9-20(10-8-19)28(22,23)21-11-15-25-16-12-21/h3-10H,2,11-16H2,1H3. The Morgan fingerprint density at radius 2 is 1.36 bits per heavy atom. The van der Waals surface area contributed by atoms with Gasteiger partial charge in [-0.05, 0) is 48.5 Å². The van der Waals surface area contributed by atoms with Gasteiger partial charge in [0.1, 0.15) is 17.2 Å². The van der Waals surface area contributed by atoms with Gasteiger partial charge in [-0.15, -0.1) is 0 Å². The molecule has 28 heavy (non-hydrogen) atoms. The third kappa shape index (κ3) is 5.37. The van der Waals surface area contributed by atoms with E-state index in [9.17, 15) is 8.42 Å². The van der Waals surface area contributed by atoms with Gasteiger partial charge in [-0.1, -0.05) is 0 Å². The summed E-state index contributed by atoms with van der Waals surface area (Å²) >= 11 is 0. The number of morpholine rings is 1. The Hall–Kier alpha value is -2.29. The largest absolute Gasteiger partial charge is 0.497 e.